The lowest BCUT2D eigenvalue weighted by Gasteiger charge is -2.26. The van der Waals surface area contributed by atoms with Crippen molar-refractivity contribution in [1.29, 1.82) is 0 Å². The molecule has 35 heavy (non-hydrogen) atoms. The number of nitrogens with one attached hydrogen (secondary N) is 1. The number of anilines is 1. The third-order valence-electron chi connectivity index (χ3n) is 6.16. The molecule has 4 rings (SSSR count). The van der Waals surface area contributed by atoms with Gasteiger partial charge in [0, 0.05) is 38.8 Å². The Labute approximate surface area is 207 Å². The molecule has 1 aliphatic rings. The maximum absolute atomic E-state index is 12.9. The van der Waals surface area contributed by atoms with Gasteiger partial charge in [0.25, 0.3) is 15.9 Å². The number of sulfonamides is 1. The second-order valence-corrected chi connectivity index (χ2v) is 10.7. The highest BCUT2D eigenvalue weighted by atomic mass is 32.2. The Bertz CT molecular complexity index is 1240. The van der Waals surface area contributed by atoms with Crippen molar-refractivity contribution < 1.29 is 17.9 Å². The van der Waals surface area contributed by atoms with Crippen molar-refractivity contribution in [3.63, 3.8) is 0 Å². The number of nitrogens with zero attached hydrogens (tertiary/aromatic N) is 2. The summed E-state index contributed by atoms with van der Waals surface area (Å²) in [5.41, 5.74) is 4.20. The van der Waals surface area contributed by atoms with Gasteiger partial charge in [-0.2, -0.15) is 0 Å². The lowest BCUT2D eigenvalue weighted by atomic mass is 10.1. The van der Waals surface area contributed by atoms with Gasteiger partial charge in [-0.3, -0.25) is 14.0 Å². The molecule has 8 heteroatoms. The van der Waals surface area contributed by atoms with Gasteiger partial charge in [-0.05, 0) is 54.4 Å². The second-order valence-electron chi connectivity index (χ2n) is 8.72. The summed E-state index contributed by atoms with van der Waals surface area (Å²) in [5, 5.41) is 2.93. The van der Waals surface area contributed by atoms with Crippen molar-refractivity contribution in [3.05, 3.63) is 95.1 Å². The first-order valence-electron chi connectivity index (χ1n) is 11.6. The average Bonchev–Trinajstić information content (AvgIpc) is 2.88. The molecule has 1 heterocycles. The lowest BCUT2D eigenvalue weighted by molar-refractivity contribution is 0.0342. The molecule has 1 N–H and O–H groups in total. The Morgan fingerprint density at radius 1 is 0.914 bits per heavy atom. The van der Waals surface area contributed by atoms with E-state index in [0.29, 0.717) is 17.8 Å². The van der Waals surface area contributed by atoms with Crippen molar-refractivity contribution in [3.8, 4) is 0 Å². The van der Waals surface area contributed by atoms with E-state index in [1.165, 1.54) is 16.9 Å². The predicted molar refractivity (Wildman–Crippen MR) is 137 cm³/mol. The number of hydrogen-bond acceptors (Lipinski definition) is 5. The molecule has 1 amide bonds. The fraction of sp³-hybridized carbons (Fsp3) is 0.296. The number of benzene rings is 3. The predicted octanol–water partition coefficient (Wildman–Crippen LogP) is 3.58. The molecule has 1 aliphatic heterocycles. The van der Waals surface area contributed by atoms with Crippen LogP contribution in [0.15, 0.2) is 77.7 Å². The van der Waals surface area contributed by atoms with Crippen LogP contribution in [0.3, 0.4) is 0 Å². The van der Waals surface area contributed by atoms with Crippen molar-refractivity contribution in [2.24, 2.45) is 0 Å². The van der Waals surface area contributed by atoms with E-state index < -0.39 is 10.0 Å². The van der Waals surface area contributed by atoms with Crippen LogP contribution in [-0.2, 0) is 27.8 Å². The van der Waals surface area contributed by atoms with Gasteiger partial charge >= 0.3 is 0 Å². The Morgan fingerprint density at radius 3 is 2.14 bits per heavy atom. The van der Waals surface area contributed by atoms with Gasteiger partial charge in [0.2, 0.25) is 0 Å². The van der Waals surface area contributed by atoms with Gasteiger partial charge in [0.1, 0.15) is 0 Å². The molecule has 184 valence electrons. The Balaban J connectivity index is 1.32. The Hall–Kier alpha value is -3.20. The molecule has 0 saturated carbocycles. The first-order valence-corrected chi connectivity index (χ1v) is 13.1. The topological polar surface area (TPSA) is 79.0 Å². The van der Waals surface area contributed by atoms with Gasteiger partial charge in [0.05, 0.1) is 23.8 Å². The molecule has 7 nitrogen and oxygen atoms in total. The van der Waals surface area contributed by atoms with Crippen LogP contribution < -0.4 is 9.62 Å². The van der Waals surface area contributed by atoms with Crippen molar-refractivity contribution in [2.75, 3.05) is 37.7 Å². The van der Waals surface area contributed by atoms with Crippen LogP contribution in [0.5, 0.6) is 0 Å². The van der Waals surface area contributed by atoms with Crippen molar-refractivity contribution >= 4 is 21.6 Å². The summed E-state index contributed by atoms with van der Waals surface area (Å²) < 4.78 is 32.4. The third-order valence-corrected chi connectivity index (χ3v) is 7.96. The van der Waals surface area contributed by atoms with E-state index in [4.69, 9.17) is 4.74 Å². The van der Waals surface area contributed by atoms with Crippen LogP contribution in [0, 0.1) is 6.92 Å². The van der Waals surface area contributed by atoms with E-state index >= 15 is 0 Å². The molecule has 0 bridgehead atoms. The molecular formula is C27H31N3O4S. The zero-order valence-electron chi connectivity index (χ0n) is 20.1. The minimum atomic E-state index is -3.68. The molecular weight excluding hydrogens is 462 g/mol. The molecule has 0 unspecified atom stereocenters. The van der Waals surface area contributed by atoms with Gasteiger partial charge in [-0.15, -0.1) is 0 Å². The molecule has 0 atom stereocenters. The smallest absolute Gasteiger partial charge is 0.264 e. The van der Waals surface area contributed by atoms with Crippen molar-refractivity contribution in [2.45, 2.75) is 24.9 Å². The Kier molecular flexibility index (Phi) is 7.85. The van der Waals surface area contributed by atoms with E-state index in [2.05, 4.69) is 22.3 Å². The maximum Gasteiger partial charge on any atom is 0.264 e. The van der Waals surface area contributed by atoms with Crippen LogP contribution in [0.1, 0.15) is 27.0 Å². The quantitative estimate of drug-likeness (QED) is 0.519. The van der Waals surface area contributed by atoms with Crippen LogP contribution >= 0.6 is 0 Å². The fourth-order valence-corrected chi connectivity index (χ4v) is 5.09. The molecule has 1 fully saturated rings. The molecule has 3 aromatic carbocycles. The van der Waals surface area contributed by atoms with E-state index in [1.54, 1.807) is 48.5 Å². The maximum atomic E-state index is 12.9. The number of amides is 1. The van der Waals surface area contributed by atoms with Gasteiger partial charge in [0.15, 0.2) is 0 Å². The third kappa shape index (κ3) is 6.28. The first-order chi connectivity index (χ1) is 16.8. The summed E-state index contributed by atoms with van der Waals surface area (Å²) in [6.07, 6.45) is 0. The minimum absolute atomic E-state index is 0.210. The normalized spacial score (nSPS) is 14.5. The number of morpholine rings is 1. The number of carbonyl (C=O) groups is 1. The standard InChI is InChI=1S/C27H31N3O4S/c1-21-3-13-26(14-4-21)35(32,33)29(2)25-11-9-24(10-12-25)27(31)28-19-22-5-7-23(8-6-22)20-30-15-17-34-18-16-30/h3-14H,15-20H2,1-2H3,(H,28,31). The van der Waals surface area contributed by atoms with Crippen molar-refractivity contribution in [1.82, 2.24) is 10.2 Å². The fourth-order valence-electron chi connectivity index (χ4n) is 3.89. The first kappa shape index (κ1) is 24.9. The zero-order chi connectivity index (χ0) is 24.8. The highest BCUT2D eigenvalue weighted by Gasteiger charge is 2.21. The summed E-state index contributed by atoms with van der Waals surface area (Å²) in [6.45, 7) is 6.69. The van der Waals surface area contributed by atoms with Gasteiger partial charge < -0.3 is 10.1 Å². The number of hydrogen-bond donors (Lipinski definition) is 1. The van der Waals surface area contributed by atoms with E-state index in [0.717, 1.165) is 44.0 Å². The van der Waals surface area contributed by atoms with Crippen LogP contribution in [0.2, 0.25) is 0 Å². The van der Waals surface area contributed by atoms with E-state index in [-0.39, 0.29) is 10.8 Å². The largest absolute Gasteiger partial charge is 0.379 e. The summed E-state index contributed by atoms with van der Waals surface area (Å²) >= 11 is 0. The molecule has 0 aromatic heterocycles. The molecule has 0 aliphatic carbocycles. The van der Waals surface area contributed by atoms with Gasteiger partial charge in [-0.1, -0.05) is 42.0 Å². The number of aryl methyl sites for hydroxylation is 1. The summed E-state index contributed by atoms with van der Waals surface area (Å²) in [6, 6.07) is 21.5. The van der Waals surface area contributed by atoms with Crippen LogP contribution in [-0.4, -0.2) is 52.6 Å². The van der Waals surface area contributed by atoms with Crippen LogP contribution in [0.4, 0.5) is 5.69 Å². The van der Waals surface area contributed by atoms with E-state index in [1.807, 2.05) is 19.1 Å². The number of carbonyl (C=O) groups excluding carboxylic acids is 1. The second kappa shape index (κ2) is 11.0. The number of rotatable bonds is 8. The van der Waals surface area contributed by atoms with Crippen LogP contribution in [0.25, 0.3) is 0 Å². The minimum Gasteiger partial charge on any atom is -0.379 e. The number of ether oxygens (including phenoxy) is 1. The monoisotopic (exact) mass is 493 g/mol. The highest BCUT2D eigenvalue weighted by Crippen LogP contribution is 2.23. The molecule has 0 radical (unpaired) electrons. The zero-order valence-corrected chi connectivity index (χ0v) is 20.9. The SMILES string of the molecule is Cc1ccc(S(=O)(=O)N(C)c2ccc(C(=O)NCc3ccc(CN4CCOCC4)cc3)cc2)cc1. The Morgan fingerprint density at radius 2 is 1.51 bits per heavy atom. The summed E-state index contributed by atoms with van der Waals surface area (Å²) in [4.78, 5) is 15.2. The molecule has 0 spiro atoms. The summed E-state index contributed by atoms with van der Waals surface area (Å²) in [7, 11) is -2.17. The molecule has 3 aromatic rings. The highest BCUT2D eigenvalue weighted by molar-refractivity contribution is 7.92. The van der Waals surface area contributed by atoms with Gasteiger partial charge in [-0.25, -0.2) is 8.42 Å². The summed E-state index contributed by atoms with van der Waals surface area (Å²) in [5.74, 6) is -0.210. The lowest BCUT2D eigenvalue weighted by Crippen LogP contribution is -2.35. The molecule has 1 saturated heterocycles. The average molecular weight is 494 g/mol. The van der Waals surface area contributed by atoms with E-state index in [9.17, 15) is 13.2 Å².